The average Bonchev–Trinajstić information content (AvgIpc) is 3.19. The van der Waals surface area contributed by atoms with Crippen molar-refractivity contribution in [3.05, 3.63) is 65.1 Å². The number of aromatic nitrogens is 2. The number of aryl methyl sites for hydroxylation is 2. The number of Topliss-reactive ketones (excluding diaryl/α,β-unsaturated/α-hetero) is 1. The number of rotatable bonds is 3. The lowest BCUT2D eigenvalue weighted by Crippen LogP contribution is -2.34. The van der Waals surface area contributed by atoms with E-state index >= 15 is 0 Å². The number of nitrogens with one attached hydrogen (secondary N) is 2. The highest BCUT2D eigenvalue weighted by Gasteiger charge is 2.33. The van der Waals surface area contributed by atoms with E-state index in [4.69, 9.17) is 0 Å². The van der Waals surface area contributed by atoms with Crippen molar-refractivity contribution < 1.29 is 4.79 Å². The molecule has 0 amide bonds. The molecule has 3 aromatic rings. The van der Waals surface area contributed by atoms with Crippen molar-refractivity contribution in [2.24, 2.45) is 0 Å². The molecule has 122 valence electrons. The number of nitrogens with zero attached hydrogens (tertiary/aromatic N) is 1. The minimum Gasteiger partial charge on any atom is -0.358 e. The molecule has 1 aromatic carbocycles. The number of hydrogen-bond acceptors (Lipinski definition) is 4. The maximum Gasteiger partial charge on any atom is 0.183 e. The molecule has 2 aromatic heterocycles. The second-order valence-corrected chi connectivity index (χ2v) is 7.40. The zero-order chi connectivity index (χ0) is 16.7. The largest absolute Gasteiger partial charge is 0.358 e. The number of benzene rings is 1. The van der Waals surface area contributed by atoms with Crippen LogP contribution < -0.4 is 5.32 Å². The normalized spacial score (nSPS) is 20.6. The number of aromatic amines is 1. The third kappa shape index (κ3) is 2.64. The van der Waals surface area contributed by atoms with Gasteiger partial charge in [0.25, 0.3) is 0 Å². The number of carbonyl (C=O) groups is 1. The van der Waals surface area contributed by atoms with Crippen molar-refractivity contribution in [2.45, 2.75) is 25.3 Å². The summed E-state index contributed by atoms with van der Waals surface area (Å²) in [4.78, 5) is 20.6. The topological polar surface area (TPSA) is 57.8 Å². The van der Waals surface area contributed by atoms with Crippen LogP contribution in [-0.4, -0.2) is 27.5 Å². The Kier molecular flexibility index (Phi) is 3.90. The molecular weight excluding hydrogens is 318 g/mol. The van der Waals surface area contributed by atoms with E-state index in [1.165, 1.54) is 0 Å². The van der Waals surface area contributed by atoms with Crippen molar-refractivity contribution in [1.29, 1.82) is 0 Å². The van der Waals surface area contributed by atoms with Gasteiger partial charge in [-0.1, -0.05) is 17.7 Å². The number of fused-ring (bicyclic) bond motifs is 1. The van der Waals surface area contributed by atoms with E-state index in [1.807, 2.05) is 31.3 Å². The van der Waals surface area contributed by atoms with E-state index < -0.39 is 0 Å². The molecule has 5 heteroatoms. The van der Waals surface area contributed by atoms with Crippen LogP contribution in [0.1, 0.15) is 32.6 Å². The molecule has 4 nitrogen and oxygen atoms in total. The van der Waals surface area contributed by atoms with Gasteiger partial charge < -0.3 is 4.98 Å². The summed E-state index contributed by atoms with van der Waals surface area (Å²) in [6, 6.07) is 10.0. The molecule has 1 fully saturated rings. The van der Waals surface area contributed by atoms with Gasteiger partial charge in [0.15, 0.2) is 5.78 Å². The van der Waals surface area contributed by atoms with Crippen molar-refractivity contribution in [1.82, 2.24) is 15.3 Å². The lowest BCUT2D eigenvalue weighted by Gasteiger charge is -2.13. The highest BCUT2D eigenvalue weighted by molar-refractivity contribution is 7.99. The predicted octanol–water partition coefficient (Wildman–Crippen LogP) is 3.77. The van der Waals surface area contributed by atoms with E-state index in [-0.39, 0.29) is 17.2 Å². The summed E-state index contributed by atoms with van der Waals surface area (Å²) in [5.74, 6) is 0.944. The summed E-state index contributed by atoms with van der Waals surface area (Å²) in [6.07, 6.45) is 3.63. The van der Waals surface area contributed by atoms with Crippen LogP contribution in [0.25, 0.3) is 10.9 Å². The number of hydrogen-bond donors (Lipinski definition) is 2. The van der Waals surface area contributed by atoms with E-state index in [9.17, 15) is 4.79 Å². The van der Waals surface area contributed by atoms with Gasteiger partial charge in [-0.15, -0.1) is 11.8 Å². The molecule has 0 unspecified atom stereocenters. The highest BCUT2D eigenvalue weighted by atomic mass is 32.2. The van der Waals surface area contributed by atoms with Gasteiger partial charge in [0, 0.05) is 40.3 Å². The van der Waals surface area contributed by atoms with Gasteiger partial charge in [-0.05, 0) is 37.6 Å². The fourth-order valence-corrected chi connectivity index (χ4v) is 4.50. The number of pyridine rings is 1. The highest BCUT2D eigenvalue weighted by Crippen LogP contribution is 2.34. The zero-order valence-electron chi connectivity index (χ0n) is 13.7. The van der Waals surface area contributed by atoms with Crippen molar-refractivity contribution >= 4 is 28.4 Å². The SMILES string of the molecule is Cc1ccc2[nH]c(C)c(C(=O)[C@@H]3CS[C@@H](c4cccnc4)N3)c2c1. The van der Waals surface area contributed by atoms with Gasteiger partial charge in [0.05, 0.1) is 11.4 Å². The lowest BCUT2D eigenvalue weighted by atomic mass is 10.0. The molecule has 3 heterocycles. The summed E-state index contributed by atoms with van der Waals surface area (Å²) < 4.78 is 0. The minimum absolute atomic E-state index is 0.125. The zero-order valence-corrected chi connectivity index (χ0v) is 14.5. The van der Waals surface area contributed by atoms with E-state index in [2.05, 4.69) is 34.3 Å². The number of H-pyrrole nitrogens is 1. The summed E-state index contributed by atoms with van der Waals surface area (Å²) in [6.45, 7) is 4.03. The summed E-state index contributed by atoms with van der Waals surface area (Å²) in [5, 5.41) is 4.61. The van der Waals surface area contributed by atoms with Crippen molar-refractivity contribution in [3.63, 3.8) is 0 Å². The molecule has 24 heavy (non-hydrogen) atoms. The van der Waals surface area contributed by atoms with Crippen LogP contribution in [0.2, 0.25) is 0 Å². The summed E-state index contributed by atoms with van der Waals surface area (Å²) in [7, 11) is 0. The predicted molar refractivity (Wildman–Crippen MR) is 98.5 cm³/mol. The van der Waals surface area contributed by atoms with Crippen LogP contribution >= 0.6 is 11.8 Å². The van der Waals surface area contributed by atoms with Crippen molar-refractivity contribution in [2.75, 3.05) is 5.75 Å². The van der Waals surface area contributed by atoms with Crippen LogP contribution in [0.5, 0.6) is 0 Å². The Morgan fingerprint density at radius 3 is 2.96 bits per heavy atom. The molecule has 0 spiro atoms. The fourth-order valence-electron chi connectivity index (χ4n) is 3.28. The second-order valence-electron chi connectivity index (χ2n) is 6.26. The van der Waals surface area contributed by atoms with Gasteiger partial charge in [-0.3, -0.25) is 15.1 Å². The first-order valence-electron chi connectivity index (χ1n) is 8.04. The van der Waals surface area contributed by atoms with E-state index in [0.717, 1.165) is 39.0 Å². The van der Waals surface area contributed by atoms with Gasteiger partial charge in [0.2, 0.25) is 0 Å². The Bertz CT molecular complexity index is 904. The maximum absolute atomic E-state index is 13.1. The first kappa shape index (κ1) is 15.4. The summed E-state index contributed by atoms with van der Waals surface area (Å²) >= 11 is 1.76. The summed E-state index contributed by atoms with van der Waals surface area (Å²) in [5.41, 5.74) is 5.06. The molecule has 0 radical (unpaired) electrons. The third-order valence-electron chi connectivity index (χ3n) is 4.47. The molecule has 0 saturated carbocycles. The van der Waals surface area contributed by atoms with E-state index in [1.54, 1.807) is 18.0 Å². The Hall–Kier alpha value is -2.11. The fraction of sp³-hybridized carbons (Fsp3) is 0.263. The molecule has 1 saturated heterocycles. The average molecular weight is 337 g/mol. The molecule has 1 aliphatic heterocycles. The monoisotopic (exact) mass is 337 g/mol. The quantitative estimate of drug-likeness (QED) is 0.714. The standard InChI is InChI=1S/C19H19N3OS/c1-11-5-6-15-14(8-11)17(12(2)21-15)18(23)16-10-24-19(22-16)13-4-3-7-20-9-13/h3-9,16,19,21-22H,10H2,1-2H3/t16-,19-/m0/s1. The van der Waals surface area contributed by atoms with Crippen molar-refractivity contribution in [3.8, 4) is 0 Å². The molecule has 1 aliphatic rings. The molecule has 2 atom stereocenters. The minimum atomic E-state index is -0.168. The molecule has 0 aliphatic carbocycles. The van der Waals surface area contributed by atoms with Crippen LogP contribution in [0, 0.1) is 13.8 Å². The van der Waals surface area contributed by atoms with Crippen LogP contribution in [-0.2, 0) is 0 Å². The molecule has 4 rings (SSSR count). The molecular formula is C19H19N3OS. The molecule has 0 bridgehead atoms. The smallest absolute Gasteiger partial charge is 0.183 e. The Balaban J connectivity index is 1.63. The maximum atomic E-state index is 13.1. The third-order valence-corrected chi connectivity index (χ3v) is 5.74. The Morgan fingerprint density at radius 2 is 2.17 bits per heavy atom. The number of carbonyl (C=O) groups excluding carboxylic acids is 1. The van der Waals surface area contributed by atoms with E-state index in [0.29, 0.717) is 0 Å². The number of ketones is 1. The lowest BCUT2D eigenvalue weighted by molar-refractivity contribution is 0.0957. The van der Waals surface area contributed by atoms with Crippen LogP contribution in [0.15, 0.2) is 42.7 Å². The van der Waals surface area contributed by atoms with Crippen LogP contribution in [0.4, 0.5) is 0 Å². The Morgan fingerprint density at radius 1 is 1.29 bits per heavy atom. The molecule has 2 N–H and O–H groups in total. The van der Waals surface area contributed by atoms with Gasteiger partial charge in [0.1, 0.15) is 0 Å². The van der Waals surface area contributed by atoms with Gasteiger partial charge >= 0.3 is 0 Å². The van der Waals surface area contributed by atoms with Gasteiger partial charge in [-0.25, -0.2) is 0 Å². The first-order valence-corrected chi connectivity index (χ1v) is 9.09. The first-order chi connectivity index (χ1) is 11.6. The van der Waals surface area contributed by atoms with Gasteiger partial charge in [-0.2, -0.15) is 0 Å². The van der Waals surface area contributed by atoms with Crippen LogP contribution in [0.3, 0.4) is 0 Å². The second kappa shape index (κ2) is 6.07. The Labute approximate surface area is 145 Å². The number of thioether (sulfide) groups is 1.